The molecule has 0 atom stereocenters. The summed E-state index contributed by atoms with van der Waals surface area (Å²) in [4.78, 5) is 0. The van der Waals surface area contributed by atoms with Crippen LogP contribution in [0.2, 0.25) is 5.02 Å². The fourth-order valence-corrected chi connectivity index (χ4v) is 2.43. The third-order valence-corrected chi connectivity index (χ3v) is 3.34. The topological polar surface area (TPSA) is 95.6 Å². The van der Waals surface area contributed by atoms with Crippen molar-refractivity contribution < 1.29 is 0 Å². The molecular weight excluding hydrogens is 288 g/mol. The van der Waals surface area contributed by atoms with E-state index in [1.807, 2.05) is 25.1 Å². The van der Waals surface area contributed by atoms with Gasteiger partial charge in [0, 0.05) is 16.9 Å². The number of halogens is 1. The van der Waals surface area contributed by atoms with Gasteiger partial charge in [0.25, 0.3) is 0 Å². The van der Waals surface area contributed by atoms with E-state index >= 15 is 0 Å². The van der Waals surface area contributed by atoms with Crippen LogP contribution in [0.1, 0.15) is 5.56 Å². The van der Waals surface area contributed by atoms with Gasteiger partial charge in [-0.15, -0.1) is 5.10 Å². The molecule has 0 spiro atoms. The van der Waals surface area contributed by atoms with Crippen molar-refractivity contribution in [3.8, 4) is 17.1 Å². The fourth-order valence-electron chi connectivity index (χ4n) is 2.12. The molecule has 0 aliphatic heterocycles. The monoisotopic (exact) mass is 300 g/mol. The van der Waals surface area contributed by atoms with Crippen molar-refractivity contribution in [2.75, 3.05) is 11.5 Å². The highest BCUT2D eigenvalue weighted by Crippen LogP contribution is 2.27. The van der Waals surface area contributed by atoms with Gasteiger partial charge in [-0.1, -0.05) is 17.7 Å². The first kappa shape index (κ1) is 13.4. The van der Waals surface area contributed by atoms with Gasteiger partial charge in [-0.05, 0) is 53.2 Å². The Morgan fingerprint density at radius 3 is 2.43 bits per heavy atom. The van der Waals surface area contributed by atoms with E-state index in [4.69, 9.17) is 23.1 Å². The van der Waals surface area contributed by atoms with Crippen LogP contribution in [0.3, 0.4) is 0 Å². The second-order valence-corrected chi connectivity index (χ2v) is 5.16. The van der Waals surface area contributed by atoms with Gasteiger partial charge in [-0.25, -0.2) is 0 Å². The summed E-state index contributed by atoms with van der Waals surface area (Å²) in [5.74, 6) is 0.528. The molecule has 0 aliphatic rings. The summed E-state index contributed by atoms with van der Waals surface area (Å²) in [6.45, 7) is 1.97. The Morgan fingerprint density at radius 2 is 1.76 bits per heavy atom. The van der Waals surface area contributed by atoms with Crippen LogP contribution >= 0.6 is 11.6 Å². The van der Waals surface area contributed by atoms with Crippen LogP contribution in [0.25, 0.3) is 17.1 Å². The van der Waals surface area contributed by atoms with Crippen LogP contribution in [-0.4, -0.2) is 20.2 Å². The van der Waals surface area contributed by atoms with Crippen molar-refractivity contribution in [1.82, 2.24) is 20.2 Å². The number of anilines is 2. The zero-order valence-electron chi connectivity index (χ0n) is 11.3. The van der Waals surface area contributed by atoms with Gasteiger partial charge in [0.2, 0.25) is 0 Å². The van der Waals surface area contributed by atoms with E-state index in [0.717, 1.165) is 11.1 Å². The second-order valence-electron chi connectivity index (χ2n) is 4.76. The van der Waals surface area contributed by atoms with E-state index in [2.05, 4.69) is 15.5 Å². The van der Waals surface area contributed by atoms with Crippen molar-refractivity contribution in [1.29, 1.82) is 0 Å². The first-order valence-electron chi connectivity index (χ1n) is 6.26. The van der Waals surface area contributed by atoms with Crippen LogP contribution in [0.5, 0.6) is 0 Å². The smallest absolute Gasteiger partial charge is 0.187 e. The molecule has 0 saturated heterocycles. The Morgan fingerprint density at radius 1 is 1.05 bits per heavy atom. The van der Waals surface area contributed by atoms with E-state index in [1.54, 1.807) is 22.9 Å². The molecule has 6 nitrogen and oxygen atoms in total. The van der Waals surface area contributed by atoms with Gasteiger partial charge in [-0.3, -0.25) is 0 Å². The van der Waals surface area contributed by atoms with Gasteiger partial charge >= 0.3 is 0 Å². The van der Waals surface area contributed by atoms with E-state index in [1.165, 1.54) is 0 Å². The zero-order valence-corrected chi connectivity index (χ0v) is 12.0. The lowest BCUT2D eigenvalue weighted by molar-refractivity contribution is 0.791. The molecule has 0 saturated carbocycles. The summed E-state index contributed by atoms with van der Waals surface area (Å²) < 4.78 is 1.57. The Kier molecular flexibility index (Phi) is 3.23. The molecule has 0 amide bonds. The normalized spacial score (nSPS) is 10.8. The number of aromatic nitrogens is 4. The zero-order chi connectivity index (χ0) is 15.0. The number of nitrogens with zero attached hydrogens (tertiary/aromatic N) is 4. The molecule has 3 aromatic rings. The van der Waals surface area contributed by atoms with Gasteiger partial charge in [-0.2, -0.15) is 4.68 Å². The van der Waals surface area contributed by atoms with Crippen molar-refractivity contribution >= 4 is 23.0 Å². The van der Waals surface area contributed by atoms with Gasteiger partial charge < -0.3 is 11.5 Å². The lowest BCUT2D eigenvalue weighted by Crippen LogP contribution is -2.02. The van der Waals surface area contributed by atoms with Crippen molar-refractivity contribution in [3.63, 3.8) is 0 Å². The van der Waals surface area contributed by atoms with E-state index < -0.39 is 0 Å². The number of rotatable bonds is 2. The minimum Gasteiger partial charge on any atom is -0.399 e. The molecule has 0 aliphatic carbocycles. The predicted molar refractivity (Wildman–Crippen MR) is 83.2 cm³/mol. The second kappa shape index (κ2) is 5.06. The highest BCUT2D eigenvalue weighted by atomic mass is 35.5. The first-order valence-corrected chi connectivity index (χ1v) is 6.64. The molecule has 21 heavy (non-hydrogen) atoms. The Balaban J connectivity index is 2.17. The third-order valence-electron chi connectivity index (χ3n) is 3.04. The predicted octanol–water partition coefficient (Wildman–Crippen LogP) is 2.46. The highest BCUT2D eigenvalue weighted by Gasteiger charge is 2.14. The minimum absolute atomic E-state index is 0.528. The van der Waals surface area contributed by atoms with Crippen LogP contribution in [-0.2, 0) is 0 Å². The number of nitrogen functional groups attached to an aromatic ring is 2. The first-order chi connectivity index (χ1) is 10.0. The van der Waals surface area contributed by atoms with Crippen LogP contribution in [0.4, 0.5) is 11.4 Å². The molecule has 2 aromatic carbocycles. The number of hydrogen-bond donors (Lipinski definition) is 2. The number of tetrazole rings is 1. The maximum absolute atomic E-state index is 6.28. The number of nitrogens with two attached hydrogens (primary N) is 2. The fraction of sp³-hybridized carbons (Fsp3) is 0.0714. The lowest BCUT2D eigenvalue weighted by Gasteiger charge is -2.08. The molecule has 4 N–H and O–H groups in total. The summed E-state index contributed by atoms with van der Waals surface area (Å²) in [7, 11) is 0. The molecule has 3 rings (SSSR count). The van der Waals surface area contributed by atoms with E-state index in [0.29, 0.717) is 27.9 Å². The SMILES string of the molecule is Cc1ccc(-n2nnnc2-c2cc(N)cc(N)c2)c(Cl)c1. The Hall–Kier alpha value is -2.60. The van der Waals surface area contributed by atoms with Crippen molar-refractivity contribution in [2.24, 2.45) is 0 Å². The van der Waals surface area contributed by atoms with Crippen molar-refractivity contribution in [2.45, 2.75) is 6.92 Å². The van der Waals surface area contributed by atoms with Gasteiger partial charge in [0.15, 0.2) is 5.82 Å². The Labute approximate surface area is 126 Å². The van der Waals surface area contributed by atoms with Crippen LogP contribution in [0.15, 0.2) is 36.4 Å². The average Bonchev–Trinajstić information content (AvgIpc) is 2.86. The summed E-state index contributed by atoms with van der Waals surface area (Å²) in [6, 6.07) is 10.9. The summed E-state index contributed by atoms with van der Waals surface area (Å²) >= 11 is 6.28. The van der Waals surface area contributed by atoms with Crippen LogP contribution in [0, 0.1) is 6.92 Å². The van der Waals surface area contributed by atoms with Gasteiger partial charge in [0.1, 0.15) is 0 Å². The molecule has 1 heterocycles. The maximum atomic E-state index is 6.28. The number of aryl methyl sites for hydroxylation is 1. The quantitative estimate of drug-likeness (QED) is 0.709. The van der Waals surface area contributed by atoms with E-state index in [-0.39, 0.29) is 0 Å². The molecular formula is C14H13ClN6. The maximum Gasteiger partial charge on any atom is 0.187 e. The van der Waals surface area contributed by atoms with E-state index in [9.17, 15) is 0 Å². The molecule has 0 bridgehead atoms. The highest BCUT2D eigenvalue weighted by molar-refractivity contribution is 6.32. The summed E-state index contributed by atoms with van der Waals surface area (Å²) in [5.41, 5.74) is 15.2. The van der Waals surface area contributed by atoms with Crippen LogP contribution < -0.4 is 11.5 Å². The molecule has 7 heteroatoms. The average molecular weight is 301 g/mol. The summed E-state index contributed by atoms with van der Waals surface area (Å²) in [6.07, 6.45) is 0. The Bertz CT molecular complexity index is 791. The largest absolute Gasteiger partial charge is 0.399 e. The standard InChI is InChI=1S/C14H13ClN6/c1-8-2-3-13(12(15)4-8)21-14(18-19-20-21)9-5-10(16)7-11(17)6-9/h2-7H,16-17H2,1H3. The lowest BCUT2D eigenvalue weighted by atomic mass is 10.1. The molecule has 1 aromatic heterocycles. The molecule has 0 unspecified atom stereocenters. The summed E-state index contributed by atoms with van der Waals surface area (Å²) in [5, 5.41) is 12.3. The third kappa shape index (κ3) is 2.53. The number of benzene rings is 2. The molecule has 0 radical (unpaired) electrons. The molecule has 0 fully saturated rings. The van der Waals surface area contributed by atoms with Crippen molar-refractivity contribution in [3.05, 3.63) is 47.0 Å². The minimum atomic E-state index is 0.528. The molecule has 106 valence electrons. The van der Waals surface area contributed by atoms with Gasteiger partial charge in [0.05, 0.1) is 10.7 Å². The number of hydrogen-bond acceptors (Lipinski definition) is 5.